The second-order valence-electron chi connectivity index (χ2n) is 5.46. The molecule has 0 bridgehead atoms. The Balaban J connectivity index is 1.49. The van der Waals surface area contributed by atoms with E-state index in [9.17, 15) is 9.59 Å². The number of amides is 2. The third-order valence-electron chi connectivity index (χ3n) is 3.65. The first kappa shape index (κ1) is 18.5. The quantitative estimate of drug-likeness (QED) is 0.462. The second kappa shape index (κ2) is 8.41. The summed E-state index contributed by atoms with van der Waals surface area (Å²) < 4.78 is 15.5. The maximum atomic E-state index is 11.8. The summed E-state index contributed by atoms with van der Waals surface area (Å²) in [6.07, 6.45) is 1.37. The van der Waals surface area contributed by atoms with Gasteiger partial charge in [-0.25, -0.2) is 5.43 Å². The molecule has 0 atom stereocenters. The summed E-state index contributed by atoms with van der Waals surface area (Å²) in [5.74, 6) is 0.0923. The molecule has 140 valence electrons. The van der Waals surface area contributed by atoms with Gasteiger partial charge in [0, 0.05) is 6.54 Å². The highest BCUT2D eigenvalue weighted by Crippen LogP contribution is 2.32. The Morgan fingerprint density at radius 1 is 1.19 bits per heavy atom. The average Bonchev–Trinajstić information content (AvgIpc) is 3.14. The van der Waals surface area contributed by atoms with Gasteiger partial charge in [0.1, 0.15) is 5.75 Å². The van der Waals surface area contributed by atoms with E-state index in [1.165, 1.54) is 13.3 Å². The predicted molar refractivity (Wildman–Crippen MR) is 98.2 cm³/mol. The fourth-order valence-electron chi connectivity index (χ4n) is 2.29. The van der Waals surface area contributed by atoms with E-state index in [1.54, 1.807) is 36.4 Å². The summed E-state index contributed by atoms with van der Waals surface area (Å²) in [6, 6.07) is 10.3. The van der Waals surface area contributed by atoms with Crippen molar-refractivity contribution in [3.05, 3.63) is 52.5 Å². The first-order valence-electron chi connectivity index (χ1n) is 7.90. The Hall–Kier alpha value is -3.26. The van der Waals surface area contributed by atoms with Crippen molar-refractivity contribution in [2.24, 2.45) is 5.10 Å². The number of nitrogens with zero attached hydrogens (tertiary/aromatic N) is 1. The van der Waals surface area contributed by atoms with Crippen LogP contribution >= 0.6 is 11.6 Å². The van der Waals surface area contributed by atoms with Crippen molar-refractivity contribution in [2.75, 3.05) is 13.9 Å². The molecule has 2 N–H and O–H groups in total. The van der Waals surface area contributed by atoms with E-state index < -0.39 is 11.8 Å². The predicted octanol–water partition coefficient (Wildman–Crippen LogP) is 1.84. The largest absolute Gasteiger partial charge is 0.495 e. The van der Waals surface area contributed by atoms with E-state index >= 15 is 0 Å². The Labute approximate surface area is 160 Å². The van der Waals surface area contributed by atoms with Gasteiger partial charge in [-0.1, -0.05) is 17.7 Å². The van der Waals surface area contributed by atoms with Gasteiger partial charge in [-0.15, -0.1) is 0 Å². The maximum Gasteiger partial charge on any atom is 0.329 e. The molecule has 1 heterocycles. The molecule has 8 nitrogen and oxygen atoms in total. The van der Waals surface area contributed by atoms with Crippen LogP contribution in [0.15, 0.2) is 41.5 Å². The number of halogens is 1. The summed E-state index contributed by atoms with van der Waals surface area (Å²) in [5.41, 5.74) is 3.57. The average molecular weight is 390 g/mol. The molecule has 0 saturated heterocycles. The molecule has 0 spiro atoms. The summed E-state index contributed by atoms with van der Waals surface area (Å²) >= 11 is 6.00. The second-order valence-corrected chi connectivity index (χ2v) is 5.87. The summed E-state index contributed by atoms with van der Waals surface area (Å²) in [4.78, 5) is 23.6. The molecule has 27 heavy (non-hydrogen) atoms. The summed E-state index contributed by atoms with van der Waals surface area (Å²) in [5, 5.41) is 6.66. The number of hydrogen-bond donors (Lipinski definition) is 2. The van der Waals surface area contributed by atoms with Gasteiger partial charge in [0.05, 0.1) is 18.3 Å². The van der Waals surface area contributed by atoms with E-state index in [4.69, 9.17) is 25.8 Å². The van der Waals surface area contributed by atoms with Crippen molar-refractivity contribution in [2.45, 2.75) is 6.54 Å². The van der Waals surface area contributed by atoms with Gasteiger partial charge in [0.2, 0.25) is 6.79 Å². The lowest BCUT2D eigenvalue weighted by Gasteiger charge is -2.05. The van der Waals surface area contributed by atoms with Crippen molar-refractivity contribution in [1.82, 2.24) is 10.7 Å². The molecule has 0 fully saturated rings. The van der Waals surface area contributed by atoms with E-state index in [-0.39, 0.29) is 13.3 Å². The zero-order valence-corrected chi connectivity index (χ0v) is 15.1. The highest BCUT2D eigenvalue weighted by molar-refractivity contribution is 6.35. The normalized spacial score (nSPS) is 12.1. The van der Waals surface area contributed by atoms with E-state index in [2.05, 4.69) is 15.8 Å². The number of ether oxygens (including phenoxy) is 3. The standard InChI is InChI=1S/C18H16ClN3O5/c1-25-14-4-2-11(6-13(14)19)9-21-22-18(24)17(23)20-8-12-3-5-15-16(7-12)27-10-26-15/h2-7,9H,8,10H2,1H3,(H,20,23)(H,22,24)/b21-9-. The Morgan fingerprint density at radius 3 is 2.78 bits per heavy atom. The Morgan fingerprint density at radius 2 is 2.00 bits per heavy atom. The molecule has 2 aromatic rings. The van der Waals surface area contributed by atoms with Gasteiger partial charge < -0.3 is 19.5 Å². The monoisotopic (exact) mass is 389 g/mol. The summed E-state index contributed by atoms with van der Waals surface area (Å²) in [6.45, 7) is 0.339. The first-order chi connectivity index (χ1) is 13.1. The fraction of sp³-hybridized carbons (Fsp3) is 0.167. The summed E-state index contributed by atoms with van der Waals surface area (Å²) in [7, 11) is 1.51. The van der Waals surface area contributed by atoms with E-state index in [1.807, 2.05) is 0 Å². The van der Waals surface area contributed by atoms with Crippen molar-refractivity contribution in [1.29, 1.82) is 0 Å². The zero-order chi connectivity index (χ0) is 19.2. The maximum absolute atomic E-state index is 11.8. The molecule has 1 aliphatic heterocycles. The molecule has 9 heteroatoms. The molecular formula is C18H16ClN3O5. The number of carbonyl (C=O) groups excluding carboxylic acids is 2. The molecule has 0 aliphatic carbocycles. The SMILES string of the molecule is COc1ccc(/C=N\NC(=O)C(=O)NCc2ccc3c(c2)OCO3)cc1Cl. The zero-order valence-electron chi connectivity index (χ0n) is 14.3. The minimum absolute atomic E-state index is 0.167. The van der Waals surface area contributed by atoms with Crippen molar-refractivity contribution in [3.8, 4) is 17.2 Å². The fourth-order valence-corrected chi connectivity index (χ4v) is 2.56. The lowest BCUT2D eigenvalue weighted by atomic mass is 10.2. The van der Waals surface area contributed by atoms with Crippen LogP contribution in [0.4, 0.5) is 0 Å². The molecule has 1 aliphatic rings. The number of hydrogen-bond acceptors (Lipinski definition) is 6. The number of carbonyl (C=O) groups is 2. The smallest absolute Gasteiger partial charge is 0.329 e. The van der Waals surface area contributed by atoms with Crippen LogP contribution in [-0.4, -0.2) is 31.9 Å². The van der Waals surface area contributed by atoms with Gasteiger partial charge >= 0.3 is 11.8 Å². The van der Waals surface area contributed by atoms with Crippen LogP contribution < -0.4 is 25.0 Å². The third-order valence-corrected chi connectivity index (χ3v) is 3.95. The topological polar surface area (TPSA) is 98.2 Å². The molecule has 0 aromatic heterocycles. The van der Waals surface area contributed by atoms with Crippen LogP contribution in [-0.2, 0) is 16.1 Å². The Bertz CT molecular complexity index is 901. The van der Waals surface area contributed by atoms with Crippen LogP contribution in [0.1, 0.15) is 11.1 Å². The molecule has 2 amide bonds. The van der Waals surface area contributed by atoms with Crippen LogP contribution in [0.2, 0.25) is 5.02 Å². The molecule has 0 radical (unpaired) electrons. The van der Waals surface area contributed by atoms with Crippen LogP contribution in [0, 0.1) is 0 Å². The van der Waals surface area contributed by atoms with Gasteiger partial charge in [0.15, 0.2) is 11.5 Å². The molecule has 0 unspecified atom stereocenters. The highest BCUT2D eigenvalue weighted by Gasteiger charge is 2.15. The Kier molecular flexibility index (Phi) is 5.77. The van der Waals surface area contributed by atoms with Gasteiger partial charge in [-0.05, 0) is 41.5 Å². The number of methoxy groups -OCH3 is 1. The lowest BCUT2D eigenvalue weighted by molar-refractivity contribution is -0.139. The van der Waals surface area contributed by atoms with Gasteiger partial charge in [0.25, 0.3) is 0 Å². The number of benzene rings is 2. The molecule has 0 saturated carbocycles. The minimum atomic E-state index is -0.883. The van der Waals surface area contributed by atoms with E-state index in [0.717, 1.165) is 5.56 Å². The third kappa shape index (κ3) is 4.68. The van der Waals surface area contributed by atoms with Crippen LogP contribution in [0.25, 0.3) is 0 Å². The van der Waals surface area contributed by atoms with Crippen LogP contribution in [0.5, 0.6) is 17.2 Å². The number of rotatable bonds is 5. The van der Waals surface area contributed by atoms with Gasteiger partial charge in [-0.2, -0.15) is 5.10 Å². The van der Waals surface area contributed by atoms with Crippen molar-refractivity contribution < 1.29 is 23.8 Å². The van der Waals surface area contributed by atoms with Gasteiger partial charge in [-0.3, -0.25) is 9.59 Å². The highest BCUT2D eigenvalue weighted by atomic mass is 35.5. The number of fused-ring (bicyclic) bond motifs is 1. The van der Waals surface area contributed by atoms with Crippen molar-refractivity contribution in [3.63, 3.8) is 0 Å². The number of nitrogens with one attached hydrogen (secondary N) is 2. The van der Waals surface area contributed by atoms with Crippen LogP contribution in [0.3, 0.4) is 0 Å². The van der Waals surface area contributed by atoms with E-state index in [0.29, 0.717) is 27.8 Å². The lowest BCUT2D eigenvalue weighted by Crippen LogP contribution is -2.37. The molecule has 3 rings (SSSR count). The molecule has 2 aromatic carbocycles. The minimum Gasteiger partial charge on any atom is -0.495 e. The van der Waals surface area contributed by atoms with Crippen molar-refractivity contribution >= 4 is 29.6 Å². The number of hydrazone groups is 1. The first-order valence-corrected chi connectivity index (χ1v) is 8.28. The molecular weight excluding hydrogens is 374 g/mol.